The smallest absolute Gasteiger partial charge is 0.264 e. The average Bonchev–Trinajstić information content (AvgIpc) is 3.17. The average molecular weight is 333 g/mol. The molecule has 0 bridgehead atoms. The minimum Gasteiger partial charge on any atom is -0.384 e. The molecular weight excluding hydrogens is 314 g/mol. The van der Waals surface area contributed by atoms with Crippen LogP contribution in [0, 0.1) is 0 Å². The third-order valence-corrected chi connectivity index (χ3v) is 4.05. The topological polar surface area (TPSA) is 109 Å². The van der Waals surface area contributed by atoms with E-state index in [1.165, 1.54) is 11.0 Å². The van der Waals surface area contributed by atoms with Crippen molar-refractivity contribution in [3.8, 4) is 0 Å². The largest absolute Gasteiger partial charge is 0.384 e. The van der Waals surface area contributed by atoms with Crippen molar-refractivity contribution in [2.45, 2.75) is 18.1 Å². The molecule has 3 heterocycles. The third-order valence-electron chi connectivity index (χ3n) is 4.05. The summed E-state index contributed by atoms with van der Waals surface area (Å²) in [5.74, 6) is -0.584. The highest BCUT2D eigenvalue weighted by Crippen LogP contribution is 2.21. The number of aryl methyl sites for hydroxylation is 1. The highest BCUT2D eigenvalue weighted by Gasteiger charge is 2.43. The van der Waals surface area contributed by atoms with Crippen molar-refractivity contribution in [2.75, 3.05) is 19.6 Å². The molecule has 1 aromatic heterocycles. The number of β-amino-alcohol motifs (C(OH)–C–C–N with tert-alkyl or cyclic N) is 1. The molecule has 0 aliphatic carbocycles. The zero-order valence-corrected chi connectivity index (χ0v) is 13.3. The van der Waals surface area contributed by atoms with E-state index >= 15 is 0 Å². The Balaban J connectivity index is 1.46. The normalized spacial score (nSPS) is 21.5. The van der Waals surface area contributed by atoms with E-state index < -0.39 is 11.7 Å². The monoisotopic (exact) mass is 333 g/mol. The molecule has 9 heteroatoms. The standard InChI is InChI=1S/C15H19N5O4/c1-3-13(21)20-8-15(23,9-20)7-16-14(22)12-4-11(18-24-12)10-5-17-19(2)6-10/h3,5-6,12,23H,1,4,7-9H2,2H3,(H,16,22). The fourth-order valence-corrected chi connectivity index (χ4v) is 2.69. The number of nitrogens with zero attached hydrogens (tertiary/aromatic N) is 4. The van der Waals surface area contributed by atoms with Gasteiger partial charge >= 0.3 is 0 Å². The van der Waals surface area contributed by atoms with Gasteiger partial charge in [0, 0.05) is 31.8 Å². The molecule has 0 radical (unpaired) electrons. The van der Waals surface area contributed by atoms with Crippen molar-refractivity contribution in [2.24, 2.45) is 12.2 Å². The van der Waals surface area contributed by atoms with Crippen molar-refractivity contribution >= 4 is 17.5 Å². The van der Waals surface area contributed by atoms with Crippen LogP contribution in [0.2, 0.25) is 0 Å². The van der Waals surface area contributed by atoms with Crippen LogP contribution in [-0.2, 0) is 21.5 Å². The summed E-state index contributed by atoms with van der Waals surface area (Å²) in [6, 6.07) is 0. The molecule has 1 saturated heterocycles. The second kappa shape index (κ2) is 6.08. The molecule has 1 aromatic rings. The maximum atomic E-state index is 12.1. The number of likely N-dealkylation sites (tertiary alicyclic amines) is 1. The molecule has 2 aliphatic rings. The Bertz CT molecular complexity index is 704. The van der Waals surface area contributed by atoms with E-state index in [9.17, 15) is 14.7 Å². The highest BCUT2D eigenvalue weighted by molar-refractivity contribution is 6.03. The lowest BCUT2D eigenvalue weighted by Crippen LogP contribution is -2.67. The van der Waals surface area contributed by atoms with Gasteiger partial charge in [-0.3, -0.25) is 14.3 Å². The molecule has 1 fully saturated rings. The molecule has 2 aliphatic heterocycles. The third kappa shape index (κ3) is 3.16. The highest BCUT2D eigenvalue weighted by atomic mass is 16.6. The van der Waals surface area contributed by atoms with Crippen LogP contribution in [0.15, 0.2) is 30.2 Å². The number of nitrogens with one attached hydrogen (secondary N) is 1. The number of aliphatic hydroxyl groups is 1. The summed E-state index contributed by atoms with van der Waals surface area (Å²) < 4.78 is 1.65. The summed E-state index contributed by atoms with van der Waals surface area (Å²) in [7, 11) is 1.80. The summed E-state index contributed by atoms with van der Waals surface area (Å²) >= 11 is 0. The fraction of sp³-hybridized carbons (Fsp3) is 0.467. The second-order valence-electron chi connectivity index (χ2n) is 6.08. The lowest BCUT2D eigenvalue weighted by Gasteiger charge is -2.46. The summed E-state index contributed by atoms with van der Waals surface area (Å²) in [5.41, 5.74) is 0.359. The predicted molar refractivity (Wildman–Crippen MR) is 84.0 cm³/mol. The molecule has 0 spiro atoms. The summed E-state index contributed by atoms with van der Waals surface area (Å²) in [4.78, 5) is 30.1. The SMILES string of the molecule is C=CC(=O)N1CC(O)(CNC(=O)C2CC(c3cnn(C)c3)=NO2)C1. The number of hydrogen-bond acceptors (Lipinski definition) is 6. The van der Waals surface area contributed by atoms with E-state index in [1.54, 1.807) is 24.1 Å². The van der Waals surface area contributed by atoms with Gasteiger partial charge in [-0.15, -0.1) is 0 Å². The van der Waals surface area contributed by atoms with Crippen LogP contribution >= 0.6 is 0 Å². The number of carbonyl (C=O) groups is 2. The molecule has 0 aromatic carbocycles. The molecule has 9 nitrogen and oxygen atoms in total. The van der Waals surface area contributed by atoms with Gasteiger partial charge in [0.15, 0.2) is 0 Å². The van der Waals surface area contributed by atoms with Crippen LogP contribution in [0.25, 0.3) is 0 Å². The van der Waals surface area contributed by atoms with Crippen LogP contribution < -0.4 is 5.32 Å². The first kappa shape index (κ1) is 16.2. The Hall–Kier alpha value is -2.68. The first-order valence-electron chi connectivity index (χ1n) is 7.53. The number of aromatic nitrogens is 2. The number of carbonyl (C=O) groups excluding carboxylic acids is 2. The Morgan fingerprint density at radius 2 is 2.33 bits per heavy atom. The molecular formula is C15H19N5O4. The summed E-state index contributed by atoms with van der Waals surface area (Å²) in [6.07, 6.45) is 4.27. The molecule has 3 rings (SSSR count). The van der Waals surface area contributed by atoms with Gasteiger partial charge < -0.3 is 20.2 Å². The van der Waals surface area contributed by atoms with E-state index in [2.05, 4.69) is 22.2 Å². The van der Waals surface area contributed by atoms with Crippen LogP contribution in [0.5, 0.6) is 0 Å². The minimum absolute atomic E-state index is 0.0504. The molecule has 1 unspecified atom stereocenters. The van der Waals surface area contributed by atoms with E-state index in [0.29, 0.717) is 12.1 Å². The first-order valence-corrected chi connectivity index (χ1v) is 7.53. The first-order chi connectivity index (χ1) is 11.4. The lowest BCUT2D eigenvalue weighted by molar-refractivity contribution is -0.151. The molecule has 2 amide bonds. The molecule has 128 valence electrons. The van der Waals surface area contributed by atoms with E-state index in [4.69, 9.17) is 4.84 Å². The maximum absolute atomic E-state index is 12.1. The number of amides is 2. The van der Waals surface area contributed by atoms with E-state index in [1.807, 2.05) is 0 Å². The minimum atomic E-state index is -1.11. The van der Waals surface area contributed by atoms with Gasteiger partial charge in [0.1, 0.15) is 5.60 Å². The predicted octanol–water partition coefficient (Wildman–Crippen LogP) is -1.21. The van der Waals surface area contributed by atoms with Gasteiger partial charge in [0.25, 0.3) is 5.91 Å². The van der Waals surface area contributed by atoms with Crippen LogP contribution in [0.4, 0.5) is 0 Å². The molecule has 24 heavy (non-hydrogen) atoms. The van der Waals surface area contributed by atoms with Crippen LogP contribution in [0.1, 0.15) is 12.0 Å². The van der Waals surface area contributed by atoms with Crippen LogP contribution in [0.3, 0.4) is 0 Å². The fourth-order valence-electron chi connectivity index (χ4n) is 2.69. The zero-order valence-electron chi connectivity index (χ0n) is 13.3. The Morgan fingerprint density at radius 3 is 2.96 bits per heavy atom. The van der Waals surface area contributed by atoms with Gasteiger partial charge in [-0.1, -0.05) is 11.7 Å². The Morgan fingerprint density at radius 1 is 1.58 bits per heavy atom. The Kier molecular flexibility index (Phi) is 4.10. The number of oxime groups is 1. The van der Waals surface area contributed by atoms with Crippen LogP contribution in [-0.4, -0.2) is 68.7 Å². The van der Waals surface area contributed by atoms with Crippen molar-refractivity contribution in [3.63, 3.8) is 0 Å². The van der Waals surface area contributed by atoms with Crippen molar-refractivity contribution in [1.29, 1.82) is 0 Å². The summed E-state index contributed by atoms with van der Waals surface area (Å²) in [5, 5.41) is 20.9. The Labute approximate surface area is 138 Å². The molecule has 2 N–H and O–H groups in total. The van der Waals surface area contributed by atoms with Crippen molar-refractivity contribution in [3.05, 3.63) is 30.6 Å². The number of rotatable bonds is 5. The number of hydrogen-bond donors (Lipinski definition) is 2. The van der Waals surface area contributed by atoms with Gasteiger partial charge in [-0.2, -0.15) is 5.10 Å². The van der Waals surface area contributed by atoms with Crippen molar-refractivity contribution < 1.29 is 19.5 Å². The molecule has 1 atom stereocenters. The second-order valence-corrected chi connectivity index (χ2v) is 6.08. The van der Waals surface area contributed by atoms with Gasteiger partial charge in [0.05, 0.1) is 25.0 Å². The summed E-state index contributed by atoms with van der Waals surface area (Å²) in [6.45, 7) is 3.78. The van der Waals surface area contributed by atoms with E-state index in [0.717, 1.165) is 5.56 Å². The maximum Gasteiger partial charge on any atom is 0.264 e. The quantitative estimate of drug-likeness (QED) is 0.657. The van der Waals surface area contributed by atoms with Gasteiger partial charge in [-0.05, 0) is 6.08 Å². The zero-order chi connectivity index (χ0) is 17.3. The lowest BCUT2D eigenvalue weighted by atomic mass is 9.94. The van der Waals surface area contributed by atoms with Gasteiger partial charge in [0.2, 0.25) is 12.0 Å². The van der Waals surface area contributed by atoms with Crippen molar-refractivity contribution in [1.82, 2.24) is 20.0 Å². The van der Waals surface area contributed by atoms with E-state index in [-0.39, 0.29) is 31.4 Å². The van der Waals surface area contributed by atoms with Gasteiger partial charge in [-0.25, -0.2) is 0 Å². The molecule has 0 saturated carbocycles.